The Morgan fingerprint density at radius 1 is 1.20 bits per heavy atom. The predicted octanol–water partition coefficient (Wildman–Crippen LogP) is 1.78. The van der Waals surface area contributed by atoms with Crippen molar-refractivity contribution in [1.29, 1.82) is 0 Å². The highest BCUT2D eigenvalue weighted by atomic mass is 16.6. The summed E-state index contributed by atoms with van der Waals surface area (Å²) in [5.41, 5.74) is 6.81. The normalized spacial score (nSPS) is 20.7. The number of methoxy groups -OCH3 is 1. The second-order valence-electron chi connectivity index (χ2n) is 10.2. The Hall–Kier alpha value is -2.79. The first-order valence-corrected chi connectivity index (χ1v) is 12.3. The molecule has 0 bridgehead atoms. The Morgan fingerprint density at radius 2 is 1.91 bits per heavy atom. The number of amides is 1. The molecular formula is C24H41N7O4. The fourth-order valence-electron chi connectivity index (χ4n) is 4.50. The third kappa shape index (κ3) is 7.35. The first-order valence-electron chi connectivity index (χ1n) is 12.3. The van der Waals surface area contributed by atoms with Gasteiger partial charge in [-0.05, 0) is 46.7 Å². The van der Waals surface area contributed by atoms with Gasteiger partial charge >= 0.3 is 6.09 Å². The van der Waals surface area contributed by atoms with Crippen LogP contribution >= 0.6 is 0 Å². The van der Waals surface area contributed by atoms with Crippen LogP contribution in [0.3, 0.4) is 0 Å². The molecule has 0 radical (unpaired) electrons. The van der Waals surface area contributed by atoms with E-state index < -0.39 is 5.60 Å². The van der Waals surface area contributed by atoms with Gasteiger partial charge in [-0.1, -0.05) is 5.16 Å². The molecule has 2 fully saturated rings. The molecule has 3 N–H and O–H groups in total. The van der Waals surface area contributed by atoms with Crippen LogP contribution < -0.4 is 15.5 Å². The Balaban J connectivity index is 1.78. The van der Waals surface area contributed by atoms with Gasteiger partial charge in [0.25, 0.3) is 0 Å². The summed E-state index contributed by atoms with van der Waals surface area (Å²) >= 11 is 0. The maximum atomic E-state index is 12.5. The van der Waals surface area contributed by atoms with Gasteiger partial charge in [0.2, 0.25) is 0 Å². The minimum absolute atomic E-state index is 0.0234. The van der Waals surface area contributed by atoms with Gasteiger partial charge < -0.3 is 35.1 Å². The summed E-state index contributed by atoms with van der Waals surface area (Å²) in [6.45, 7) is 14.6. The monoisotopic (exact) mass is 491 g/mol. The molecule has 35 heavy (non-hydrogen) atoms. The number of nitrogens with two attached hydrogens (primary N) is 1. The molecule has 0 aromatic carbocycles. The molecular weight excluding hydrogens is 450 g/mol. The molecule has 2 saturated heterocycles. The molecule has 1 amide bonds. The van der Waals surface area contributed by atoms with Gasteiger partial charge in [-0.2, -0.15) is 0 Å². The number of ether oxygens (including phenoxy) is 2. The molecule has 11 heteroatoms. The topological polar surface area (TPSA) is 120 Å². The summed E-state index contributed by atoms with van der Waals surface area (Å²) in [5.74, 6) is 0.782. The van der Waals surface area contributed by atoms with E-state index in [4.69, 9.17) is 20.2 Å². The van der Waals surface area contributed by atoms with E-state index >= 15 is 0 Å². The van der Waals surface area contributed by atoms with E-state index in [1.54, 1.807) is 12.0 Å². The third-order valence-corrected chi connectivity index (χ3v) is 6.30. The van der Waals surface area contributed by atoms with E-state index in [1.807, 2.05) is 26.8 Å². The number of carbonyl (C=O) groups is 1. The molecule has 3 heterocycles. The molecule has 1 atom stereocenters. The van der Waals surface area contributed by atoms with Gasteiger partial charge in [-0.15, -0.1) is 0 Å². The predicted molar refractivity (Wildman–Crippen MR) is 137 cm³/mol. The molecule has 0 unspecified atom stereocenters. The van der Waals surface area contributed by atoms with Gasteiger partial charge in [0, 0.05) is 70.7 Å². The zero-order valence-electron chi connectivity index (χ0n) is 21.7. The van der Waals surface area contributed by atoms with Gasteiger partial charge in [0.15, 0.2) is 5.84 Å². The standard InChI is InChI=1S/C24H41N7O4/c1-18-17-28(13-14-34-5)7-6-8-31(18)21-16-19(15-20(26-21)22(25)27-33)29-9-11-30(12-10-29)23(32)35-24(2,3)4/h15-16,18,33H,6-14,17H2,1-5H3,(H2,25,27)/t18-/m0/s1. The van der Waals surface area contributed by atoms with Crippen molar-refractivity contribution in [3.8, 4) is 0 Å². The molecule has 2 aliphatic heterocycles. The maximum Gasteiger partial charge on any atom is 0.410 e. The number of pyridine rings is 1. The number of oxime groups is 1. The first-order chi connectivity index (χ1) is 16.6. The van der Waals surface area contributed by atoms with Crippen molar-refractivity contribution in [2.75, 3.05) is 75.9 Å². The minimum atomic E-state index is -0.521. The maximum absolute atomic E-state index is 12.5. The Labute approximate surface area is 208 Å². The van der Waals surface area contributed by atoms with E-state index in [2.05, 4.69) is 32.8 Å². The first kappa shape index (κ1) is 26.8. The van der Waals surface area contributed by atoms with Crippen LogP contribution in [0.25, 0.3) is 0 Å². The molecule has 2 aliphatic rings. The summed E-state index contributed by atoms with van der Waals surface area (Å²) in [7, 11) is 1.73. The van der Waals surface area contributed by atoms with Crippen molar-refractivity contribution in [2.45, 2.75) is 45.8 Å². The molecule has 3 rings (SSSR count). The summed E-state index contributed by atoms with van der Waals surface area (Å²) in [4.78, 5) is 25.8. The van der Waals surface area contributed by atoms with E-state index in [1.165, 1.54) is 0 Å². The van der Waals surface area contributed by atoms with Crippen LogP contribution in [0.5, 0.6) is 0 Å². The molecule has 1 aromatic heterocycles. The number of hydrogen-bond donors (Lipinski definition) is 2. The van der Waals surface area contributed by atoms with Crippen molar-refractivity contribution in [1.82, 2.24) is 14.8 Å². The van der Waals surface area contributed by atoms with Gasteiger partial charge in [-0.25, -0.2) is 9.78 Å². The molecule has 0 aliphatic carbocycles. The quantitative estimate of drug-likeness (QED) is 0.265. The van der Waals surface area contributed by atoms with Crippen molar-refractivity contribution in [3.05, 3.63) is 17.8 Å². The second kappa shape index (κ2) is 11.8. The minimum Gasteiger partial charge on any atom is -0.444 e. The number of aromatic nitrogens is 1. The molecule has 1 aromatic rings. The summed E-state index contributed by atoms with van der Waals surface area (Å²) in [5, 5.41) is 12.5. The highest BCUT2D eigenvalue weighted by Gasteiger charge is 2.28. The Bertz CT molecular complexity index is 881. The van der Waals surface area contributed by atoms with E-state index in [9.17, 15) is 10.0 Å². The van der Waals surface area contributed by atoms with Gasteiger partial charge in [0.05, 0.1) is 6.61 Å². The zero-order chi connectivity index (χ0) is 25.6. The Morgan fingerprint density at radius 3 is 2.54 bits per heavy atom. The molecule has 0 spiro atoms. The molecule has 0 saturated carbocycles. The fourth-order valence-corrected chi connectivity index (χ4v) is 4.50. The van der Waals surface area contributed by atoms with Crippen LogP contribution in [0.15, 0.2) is 17.3 Å². The third-order valence-electron chi connectivity index (χ3n) is 6.30. The average Bonchev–Trinajstić information content (AvgIpc) is 3.01. The number of anilines is 2. The van der Waals surface area contributed by atoms with Crippen molar-refractivity contribution >= 4 is 23.4 Å². The lowest BCUT2D eigenvalue weighted by atomic mass is 10.2. The summed E-state index contributed by atoms with van der Waals surface area (Å²) < 4.78 is 10.8. The Kier molecular flexibility index (Phi) is 9.01. The summed E-state index contributed by atoms with van der Waals surface area (Å²) in [6, 6.07) is 4.15. The SMILES string of the molecule is COCCN1CCCN(c2cc(N3CCN(C(=O)OC(C)(C)C)CC3)cc(/C(N)=N/O)n2)[C@@H](C)C1. The second-order valence-corrected chi connectivity index (χ2v) is 10.2. The highest BCUT2D eigenvalue weighted by molar-refractivity contribution is 5.96. The smallest absolute Gasteiger partial charge is 0.410 e. The largest absolute Gasteiger partial charge is 0.444 e. The lowest BCUT2D eigenvalue weighted by Gasteiger charge is -2.37. The van der Waals surface area contributed by atoms with E-state index in [0.717, 1.165) is 44.1 Å². The van der Waals surface area contributed by atoms with Crippen molar-refractivity contribution < 1.29 is 19.5 Å². The number of nitrogens with zero attached hydrogens (tertiary/aromatic N) is 6. The number of hydrogen-bond acceptors (Lipinski definition) is 9. The van der Waals surface area contributed by atoms with E-state index in [-0.39, 0.29) is 18.0 Å². The van der Waals surface area contributed by atoms with Crippen LogP contribution in [-0.4, -0.2) is 110 Å². The van der Waals surface area contributed by atoms with Crippen LogP contribution in [0.4, 0.5) is 16.3 Å². The van der Waals surface area contributed by atoms with Crippen molar-refractivity contribution in [3.63, 3.8) is 0 Å². The number of rotatable bonds is 6. The number of piperazine rings is 1. The van der Waals surface area contributed by atoms with Gasteiger partial charge in [0.1, 0.15) is 17.1 Å². The van der Waals surface area contributed by atoms with Crippen LogP contribution in [0.1, 0.15) is 39.8 Å². The zero-order valence-corrected chi connectivity index (χ0v) is 21.7. The van der Waals surface area contributed by atoms with Crippen LogP contribution in [0.2, 0.25) is 0 Å². The fraction of sp³-hybridized carbons (Fsp3) is 0.708. The van der Waals surface area contributed by atoms with E-state index in [0.29, 0.717) is 38.5 Å². The van der Waals surface area contributed by atoms with Gasteiger partial charge in [-0.3, -0.25) is 4.90 Å². The van der Waals surface area contributed by atoms with Crippen molar-refractivity contribution in [2.24, 2.45) is 10.9 Å². The average molecular weight is 492 g/mol. The number of carbonyl (C=O) groups excluding carboxylic acids is 1. The van der Waals surface area contributed by atoms with Crippen LogP contribution in [-0.2, 0) is 9.47 Å². The summed E-state index contributed by atoms with van der Waals surface area (Å²) in [6.07, 6.45) is 0.717. The number of amidine groups is 1. The molecule has 196 valence electrons. The van der Waals surface area contributed by atoms with Crippen LogP contribution in [0, 0.1) is 0 Å². The lowest BCUT2D eigenvalue weighted by Crippen LogP contribution is -2.50. The molecule has 11 nitrogen and oxygen atoms in total. The lowest BCUT2D eigenvalue weighted by molar-refractivity contribution is 0.0240. The highest BCUT2D eigenvalue weighted by Crippen LogP contribution is 2.27.